The van der Waals surface area contributed by atoms with Crippen molar-refractivity contribution in [3.8, 4) is 0 Å². The summed E-state index contributed by atoms with van der Waals surface area (Å²) in [5.74, 6) is -1.30. The highest BCUT2D eigenvalue weighted by molar-refractivity contribution is 5.98. The zero-order chi connectivity index (χ0) is 15.2. The van der Waals surface area contributed by atoms with Gasteiger partial charge in [0.25, 0.3) is 0 Å². The number of hydrogen-bond acceptors (Lipinski definition) is 3. The summed E-state index contributed by atoms with van der Waals surface area (Å²) < 4.78 is 1.85. The third-order valence-electron chi connectivity index (χ3n) is 2.98. The molecule has 2 rings (SSSR count). The highest BCUT2D eigenvalue weighted by Gasteiger charge is 2.07. The lowest BCUT2D eigenvalue weighted by Gasteiger charge is -2.02. The van der Waals surface area contributed by atoms with Crippen LogP contribution in [0.15, 0.2) is 47.7 Å². The minimum Gasteiger partial charge on any atom is -0.478 e. The number of aromatic carboxylic acids is 1. The van der Waals surface area contributed by atoms with E-state index >= 15 is 0 Å². The van der Waals surface area contributed by atoms with Gasteiger partial charge in [0, 0.05) is 24.5 Å². The van der Waals surface area contributed by atoms with E-state index in [9.17, 15) is 9.59 Å². The predicted molar refractivity (Wildman–Crippen MR) is 78.3 cm³/mol. The fourth-order valence-corrected chi connectivity index (χ4v) is 1.86. The highest BCUT2D eigenvalue weighted by atomic mass is 16.4. The van der Waals surface area contributed by atoms with E-state index in [1.54, 1.807) is 18.2 Å². The van der Waals surface area contributed by atoms with Crippen molar-refractivity contribution in [2.75, 3.05) is 0 Å². The van der Waals surface area contributed by atoms with Gasteiger partial charge in [0.05, 0.1) is 18.2 Å². The molecule has 1 heterocycles. The molecule has 0 saturated carbocycles. The number of benzene rings is 1. The molecule has 0 aliphatic rings. The van der Waals surface area contributed by atoms with Crippen LogP contribution in [0.2, 0.25) is 0 Å². The van der Waals surface area contributed by atoms with Crippen LogP contribution in [0.25, 0.3) is 0 Å². The normalized spacial score (nSPS) is 10.7. The van der Waals surface area contributed by atoms with E-state index in [2.05, 4.69) is 10.5 Å². The van der Waals surface area contributed by atoms with Gasteiger partial charge in [-0.05, 0) is 18.2 Å². The number of nitrogens with zero attached hydrogens (tertiary/aromatic N) is 2. The van der Waals surface area contributed by atoms with Crippen molar-refractivity contribution in [3.05, 3.63) is 59.4 Å². The number of aryl methyl sites for hydroxylation is 1. The number of carboxylic acids is 1. The van der Waals surface area contributed by atoms with E-state index in [4.69, 9.17) is 5.11 Å². The topological polar surface area (TPSA) is 83.7 Å². The maximum absolute atomic E-state index is 11.7. The Morgan fingerprint density at radius 2 is 2.05 bits per heavy atom. The summed E-state index contributed by atoms with van der Waals surface area (Å²) in [5, 5.41) is 12.8. The van der Waals surface area contributed by atoms with Gasteiger partial charge in [-0.2, -0.15) is 5.10 Å². The lowest BCUT2D eigenvalue weighted by Crippen LogP contribution is -2.21. The molecule has 1 aromatic carbocycles. The SMILES string of the molecule is Cn1cccc1CC(=O)N/N=C/c1ccccc1C(=O)O. The molecule has 0 bridgehead atoms. The lowest BCUT2D eigenvalue weighted by molar-refractivity contribution is -0.120. The second kappa shape index (κ2) is 6.51. The molecule has 0 fully saturated rings. The van der Waals surface area contributed by atoms with Crippen molar-refractivity contribution in [1.29, 1.82) is 0 Å². The number of carbonyl (C=O) groups excluding carboxylic acids is 1. The van der Waals surface area contributed by atoms with E-state index in [-0.39, 0.29) is 17.9 Å². The Bertz CT molecular complexity index is 689. The Balaban J connectivity index is 1.98. The van der Waals surface area contributed by atoms with Gasteiger partial charge in [-0.15, -0.1) is 0 Å². The van der Waals surface area contributed by atoms with Crippen LogP contribution in [0, 0.1) is 0 Å². The van der Waals surface area contributed by atoms with E-state index in [1.807, 2.05) is 29.9 Å². The average molecular weight is 285 g/mol. The molecule has 0 aliphatic carbocycles. The summed E-state index contributed by atoms with van der Waals surface area (Å²) in [6.45, 7) is 0. The third kappa shape index (κ3) is 3.79. The first-order chi connectivity index (χ1) is 10.1. The van der Waals surface area contributed by atoms with E-state index in [0.717, 1.165) is 5.69 Å². The minimum absolute atomic E-state index is 0.137. The van der Waals surface area contributed by atoms with E-state index < -0.39 is 5.97 Å². The zero-order valence-corrected chi connectivity index (χ0v) is 11.5. The Labute approximate surface area is 121 Å². The van der Waals surface area contributed by atoms with Crippen molar-refractivity contribution in [3.63, 3.8) is 0 Å². The first-order valence-electron chi connectivity index (χ1n) is 6.32. The number of amides is 1. The molecule has 6 heteroatoms. The highest BCUT2D eigenvalue weighted by Crippen LogP contribution is 2.06. The molecule has 0 atom stereocenters. The minimum atomic E-state index is -1.04. The molecule has 21 heavy (non-hydrogen) atoms. The molecule has 1 aromatic heterocycles. The van der Waals surface area contributed by atoms with Crippen LogP contribution in [-0.2, 0) is 18.3 Å². The number of carboxylic acid groups (broad SMARTS) is 1. The van der Waals surface area contributed by atoms with Gasteiger partial charge < -0.3 is 9.67 Å². The van der Waals surface area contributed by atoms with E-state index in [0.29, 0.717) is 5.56 Å². The molecule has 0 unspecified atom stereocenters. The molecule has 0 spiro atoms. The van der Waals surface area contributed by atoms with Gasteiger partial charge in [-0.1, -0.05) is 18.2 Å². The van der Waals surface area contributed by atoms with Crippen LogP contribution >= 0.6 is 0 Å². The Kier molecular flexibility index (Phi) is 4.50. The quantitative estimate of drug-likeness (QED) is 0.643. The molecule has 2 N–H and O–H groups in total. The van der Waals surface area contributed by atoms with Crippen molar-refractivity contribution >= 4 is 18.1 Å². The van der Waals surface area contributed by atoms with Gasteiger partial charge in [-0.3, -0.25) is 4.79 Å². The standard InChI is InChI=1S/C15H15N3O3/c1-18-8-4-6-12(18)9-14(19)17-16-10-11-5-2-3-7-13(11)15(20)21/h2-8,10H,9H2,1H3,(H,17,19)(H,20,21)/b16-10+. The summed E-state index contributed by atoms with van der Waals surface area (Å²) in [6, 6.07) is 10.2. The fourth-order valence-electron chi connectivity index (χ4n) is 1.86. The smallest absolute Gasteiger partial charge is 0.336 e. The number of aromatic nitrogens is 1. The van der Waals surface area contributed by atoms with Crippen LogP contribution in [0.4, 0.5) is 0 Å². The zero-order valence-electron chi connectivity index (χ0n) is 11.5. The maximum Gasteiger partial charge on any atom is 0.336 e. The summed E-state index contributed by atoms with van der Waals surface area (Å²) in [6.07, 6.45) is 3.39. The first-order valence-corrected chi connectivity index (χ1v) is 6.32. The van der Waals surface area contributed by atoms with Crippen molar-refractivity contribution in [1.82, 2.24) is 9.99 Å². The number of hydrogen-bond donors (Lipinski definition) is 2. The molecule has 1 amide bonds. The summed E-state index contributed by atoms with van der Waals surface area (Å²) in [5.41, 5.74) is 3.83. The molecular formula is C15H15N3O3. The van der Waals surface area contributed by atoms with Crippen LogP contribution < -0.4 is 5.43 Å². The monoisotopic (exact) mass is 285 g/mol. The second-order valence-electron chi connectivity index (χ2n) is 4.47. The molecule has 0 radical (unpaired) electrons. The Morgan fingerprint density at radius 3 is 2.71 bits per heavy atom. The predicted octanol–water partition coefficient (Wildman–Crippen LogP) is 1.42. The summed E-state index contributed by atoms with van der Waals surface area (Å²) >= 11 is 0. The number of hydrazone groups is 1. The van der Waals surface area contributed by atoms with Crippen molar-refractivity contribution in [2.45, 2.75) is 6.42 Å². The van der Waals surface area contributed by atoms with Gasteiger partial charge >= 0.3 is 5.97 Å². The maximum atomic E-state index is 11.7. The number of nitrogens with one attached hydrogen (secondary N) is 1. The first kappa shape index (κ1) is 14.5. The summed E-state index contributed by atoms with van der Waals surface area (Å²) in [4.78, 5) is 22.7. The fraction of sp³-hybridized carbons (Fsp3) is 0.133. The van der Waals surface area contributed by atoms with Gasteiger partial charge in [-0.25, -0.2) is 10.2 Å². The summed E-state index contributed by atoms with van der Waals surface area (Å²) in [7, 11) is 1.86. The van der Waals surface area contributed by atoms with Gasteiger partial charge in [0.15, 0.2) is 0 Å². The molecule has 6 nitrogen and oxygen atoms in total. The Hall–Kier alpha value is -2.89. The average Bonchev–Trinajstić information content (AvgIpc) is 2.84. The van der Waals surface area contributed by atoms with Gasteiger partial charge in [0.2, 0.25) is 5.91 Å². The molecule has 108 valence electrons. The molecular weight excluding hydrogens is 270 g/mol. The molecule has 0 aliphatic heterocycles. The van der Waals surface area contributed by atoms with Gasteiger partial charge in [0.1, 0.15) is 0 Å². The second-order valence-corrected chi connectivity index (χ2v) is 4.47. The van der Waals surface area contributed by atoms with Crippen molar-refractivity contribution < 1.29 is 14.7 Å². The van der Waals surface area contributed by atoms with E-state index in [1.165, 1.54) is 12.3 Å². The lowest BCUT2D eigenvalue weighted by atomic mass is 10.1. The van der Waals surface area contributed by atoms with Crippen LogP contribution in [-0.4, -0.2) is 27.8 Å². The molecule has 0 saturated heterocycles. The van der Waals surface area contributed by atoms with Crippen LogP contribution in [0.3, 0.4) is 0 Å². The third-order valence-corrected chi connectivity index (χ3v) is 2.98. The number of rotatable bonds is 5. The largest absolute Gasteiger partial charge is 0.478 e. The molecule has 2 aromatic rings. The Morgan fingerprint density at radius 1 is 1.29 bits per heavy atom. The van der Waals surface area contributed by atoms with Crippen LogP contribution in [0.1, 0.15) is 21.6 Å². The number of carbonyl (C=O) groups is 2. The van der Waals surface area contributed by atoms with Crippen LogP contribution in [0.5, 0.6) is 0 Å². The van der Waals surface area contributed by atoms with Crippen molar-refractivity contribution in [2.24, 2.45) is 12.1 Å².